The molecule has 2 atom stereocenters. The van der Waals surface area contributed by atoms with Crippen LogP contribution in [0.25, 0.3) is 0 Å². The summed E-state index contributed by atoms with van der Waals surface area (Å²) in [6.07, 6.45) is 1.75. The third-order valence-electron chi connectivity index (χ3n) is 6.72. The third-order valence-corrected chi connectivity index (χ3v) is 6.72. The second-order valence-corrected chi connectivity index (χ2v) is 9.18. The Labute approximate surface area is 191 Å². The predicted octanol–water partition coefficient (Wildman–Crippen LogP) is 3.73. The minimum absolute atomic E-state index is 0.0795. The number of anilines is 2. The van der Waals surface area contributed by atoms with Crippen LogP contribution in [0.15, 0.2) is 42.5 Å². The summed E-state index contributed by atoms with van der Waals surface area (Å²) in [5.74, 6) is 2.38. The molecule has 1 N–H and O–H groups in total. The van der Waals surface area contributed by atoms with Gasteiger partial charge in [-0.05, 0) is 54.7 Å². The molecular formula is C26H35N3O3. The molecule has 0 saturated carbocycles. The molecule has 0 spiro atoms. The number of nitrogens with zero attached hydrogens (tertiary/aromatic N) is 2. The maximum Gasteiger partial charge on any atom is 0.225 e. The van der Waals surface area contributed by atoms with Gasteiger partial charge in [-0.1, -0.05) is 19.9 Å². The van der Waals surface area contributed by atoms with Crippen LogP contribution in [-0.4, -0.2) is 52.3 Å². The van der Waals surface area contributed by atoms with Crippen molar-refractivity contribution in [1.29, 1.82) is 0 Å². The highest BCUT2D eigenvalue weighted by atomic mass is 16.5. The van der Waals surface area contributed by atoms with E-state index in [1.54, 1.807) is 14.2 Å². The van der Waals surface area contributed by atoms with E-state index in [-0.39, 0.29) is 17.9 Å². The lowest BCUT2D eigenvalue weighted by Crippen LogP contribution is -2.61. The summed E-state index contributed by atoms with van der Waals surface area (Å²) >= 11 is 0. The van der Waals surface area contributed by atoms with Crippen molar-refractivity contribution >= 4 is 17.3 Å². The van der Waals surface area contributed by atoms with E-state index >= 15 is 0 Å². The average Bonchev–Trinajstić information content (AvgIpc) is 2.82. The largest absolute Gasteiger partial charge is 0.497 e. The summed E-state index contributed by atoms with van der Waals surface area (Å²) in [5.41, 5.74) is 3.60. The van der Waals surface area contributed by atoms with Crippen LogP contribution >= 0.6 is 0 Å². The molecule has 1 amide bonds. The highest BCUT2D eigenvalue weighted by molar-refractivity contribution is 5.82. The van der Waals surface area contributed by atoms with Crippen LogP contribution in [0, 0.1) is 11.8 Å². The quantitative estimate of drug-likeness (QED) is 0.715. The number of piperazine rings is 1. The molecule has 1 fully saturated rings. The number of fused-ring (bicyclic) bond motifs is 3. The third kappa shape index (κ3) is 4.64. The number of amides is 1. The van der Waals surface area contributed by atoms with E-state index in [1.807, 2.05) is 18.2 Å². The molecule has 2 aliphatic rings. The molecule has 4 rings (SSSR count). The van der Waals surface area contributed by atoms with E-state index in [0.29, 0.717) is 5.92 Å². The van der Waals surface area contributed by atoms with E-state index in [1.165, 1.54) is 16.9 Å². The molecule has 0 aliphatic carbocycles. The van der Waals surface area contributed by atoms with Gasteiger partial charge >= 0.3 is 0 Å². The molecule has 172 valence electrons. The van der Waals surface area contributed by atoms with E-state index in [9.17, 15) is 4.79 Å². The van der Waals surface area contributed by atoms with Gasteiger partial charge in [0.25, 0.3) is 0 Å². The Morgan fingerprint density at radius 1 is 1.06 bits per heavy atom. The Morgan fingerprint density at radius 3 is 2.47 bits per heavy atom. The van der Waals surface area contributed by atoms with Gasteiger partial charge < -0.3 is 24.6 Å². The summed E-state index contributed by atoms with van der Waals surface area (Å²) in [7, 11) is 3.39. The Hall–Kier alpha value is -2.89. The first-order chi connectivity index (χ1) is 15.5. The highest BCUT2D eigenvalue weighted by Gasteiger charge is 2.41. The molecular weight excluding hydrogens is 402 g/mol. The Kier molecular flexibility index (Phi) is 6.77. The van der Waals surface area contributed by atoms with Crippen molar-refractivity contribution in [3.8, 4) is 11.5 Å². The first-order valence-electron chi connectivity index (χ1n) is 11.6. The van der Waals surface area contributed by atoms with Crippen LogP contribution in [0.3, 0.4) is 0 Å². The van der Waals surface area contributed by atoms with Crippen molar-refractivity contribution in [2.75, 3.05) is 50.2 Å². The maximum absolute atomic E-state index is 13.3. The molecule has 2 aromatic carbocycles. The number of carbonyl (C=O) groups excluding carboxylic acids is 1. The number of carbonyl (C=O) groups is 1. The van der Waals surface area contributed by atoms with Crippen LogP contribution in [0.2, 0.25) is 0 Å². The second kappa shape index (κ2) is 9.72. The first kappa shape index (κ1) is 22.3. The van der Waals surface area contributed by atoms with Crippen molar-refractivity contribution < 1.29 is 14.3 Å². The van der Waals surface area contributed by atoms with Crippen molar-refractivity contribution in [3.05, 3.63) is 48.0 Å². The van der Waals surface area contributed by atoms with E-state index < -0.39 is 0 Å². The van der Waals surface area contributed by atoms with Crippen molar-refractivity contribution in [3.63, 3.8) is 0 Å². The van der Waals surface area contributed by atoms with Gasteiger partial charge in [-0.3, -0.25) is 4.79 Å². The fraction of sp³-hybridized carbons (Fsp3) is 0.500. The predicted molar refractivity (Wildman–Crippen MR) is 129 cm³/mol. The molecule has 0 aromatic heterocycles. The number of rotatable bonds is 7. The highest BCUT2D eigenvalue weighted by Crippen LogP contribution is 2.39. The van der Waals surface area contributed by atoms with Crippen LogP contribution in [-0.2, 0) is 11.2 Å². The smallest absolute Gasteiger partial charge is 0.225 e. The normalized spacial score (nSPS) is 19.9. The minimum atomic E-state index is -0.0795. The zero-order valence-corrected chi connectivity index (χ0v) is 19.6. The van der Waals surface area contributed by atoms with Gasteiger partial charge in [0.05, 0.1) is 26.2 Å². The van der Waals surface area contributed by atoms with Gasteiger partial charge in [0.1, 0.15) is 11.5 Å². The molecule has 0 bridgehead atoms. The second-order valence-electron chi connectivity index (χ2n) is 9.18. The average molecular weight is 438 g/mol. The van der Waals surface area contributed by atoms with Crippen LogP contribution in [0.4, 0.5) is 11.4 Å². The van der Waals surface area contributed by atoms with E-state index in [2.05, 4.69) is 53.2 Å². The molecule has 0 unspecified atom stereocenters. The lowest BCUT2D eigenvalue weighted by atomic mass is 9.83. The first-order valence-corrected chi connectivity index (χ1v) is 11.6. The number of hydrogen-bond acceptors (Lipinski definition) is 5. The van der Waals surface area contributed by atoms with Crippen LogP contribution in [0.5, 0.6) is 11.5 Å². The van der Waals surface area contributed by atoms with Crippen molar-refractivity contribution in [2.24, 2.45) is 11.8 Å². The fourth-order valence-corrected chi connectivity index (χ4v) is 4.85. The van der Waals surface area contributed by atoms with Crippen LogP contribution < -0.4 is 24.6 Å². The number of hydrogen-bond donors (Lipinski definition) is 1. The molecule has 2 aromatic rings. The minimum Gasteiger partial charge on any atom is -0.497 e. The van der Waals surface area contributed by atoms with E-state index in [4.69, 9.17) is 9.47 Å². The van der Waals surface area contributed by atoms with Gasteiger partial charge in [-0.15, -0.1) is 0 Å². The molecule has 1 saturated heterocycles. The monoisotopic (exact) mass is 437 g/mol. The van der Waals surface area contributed by atoms with E-state index in [0.717, 1.165) is 50.5 Å². The molecule has 6 heteroatoms. The fourth-order valence-electron chi connectivity index (χ4n) is 4.85. The summed E-state index contributed by atoms with van der Waals surface area (Å²) in [4.78, 5) is 18.1. The standard InChI is InChI=1S/C26H35N3O3/c1-18(2)11-12-27-26(30)23-15-19-5-8-22(32-4)16-24(19)29-14-13-28(17-25(23)29)20-6-9-21(31-3)10-7-20/h5-10,16,18,23,25H,11-15,17H2,1-4H3,(H,27,30)/t23-,25-/m0/s1. The lowest BCUT2D eigenvalue weighted by molar-refractivity contribution is -0.125. The van der Waals surface area contributed by atoms with Crippen molar-refractivity contribution in [1.82, 2.24) is 5.32 Å². The number of ether oxygens (including phenoxy) is 2. The van der Waals surface area contributed by atoms with Crippen molar-refractivity contribution in [2.45, 2.75) is 32.7 Å². The molecule has 2 heterocycles. The SMILES string of the molecule is COc1ccc(N2CCN3c4cc(OC)ccc4C[C@H](C(=O)NCCC(C)C)[C@@H]3C2)cc1. The van der Waals surface area contributed by atoms with Gasteiger partial charge in [-0.25, -0.2) is 0 Å². The van der Waals surface area contributed by atoms with Crippen LogP contribution in [0.1, 0.15) is 25.8 Å². The molecule has 6 nitrogen and oxygen atoms in total. The zero-order valence-electron chi connectivity index (χ0n) is 19.6. The van der Waals surface area contributed by atoms with Gasteiger partial charge in [0.2, 0.25) is 5.91 Å². The molecule has 32 heavy (non-hydrogen) atoms. The zero-order chi connectivity index (χ0) is 22.7. The molecule has 2 aliphatic heterocycles. The Balaban J connectivity index is 1.59. The maximum atomic E-state index is 13.3. The summed E-state index contributed by atoms with van der Waals surface area (Å²) in [5, 5.41) is 3.21. The van der Waals surface area contributed by atoms with Gasteiger partial charge in [0.15, 0.2) is 0 Å². The summed E-state index contributed by atoms with van der Waals surface area (Å²) < 4.78 is 10.8. The number of methoxy groups -OCH3 is 2. The Bertz CT molecular complexity index is 928. The lowest BCUT2D eigenvalue weighted by Gasteiger charge is -2.49. The Morgan fingerprint density at radius 2 is 1.78 bits per heavy atom. The van der Waals surface area contributed by atoms with Gasteiger partial charge in [-0.2, -0.15) is 0 Å². The summed E-state index contributed by atoms with van der Waals surface area (Å²) in [6.45, 7) is 7.69. The topological polar surface area (TPSA) is 54.0 Å². The summed E-state index contributed by atoms with van der Waals surface area (Å²) in [6, 6.07) is 14.6. The number of benzene rings is 2. The van der Waals surface area contributed by atoms with Gasteiger partial charge in [0, 0.05) is 43.6 Å². The molecule has 0 radical (unpaired) electrons. The number of nitrogens with one attached hydrogen (secondary N) is 1.